The van der Waals surface area contributed by atoms with E-state index < -0.39 is 0 Å². The van der Waals surface area contributed by atoms with Crippen molar-refractivity contribution in [1.29, 1.82) is 0 Å². The van der Waals surface area contributed by atoms with Gasteiger partial charge in [-0.05, 0) is 57.5 Å². The van der Waals surface area contributed by atoms with Crippen LogP contribution < -0.4 is 5.32 Å². The molecule has 5 nitrogen and oxygen atoms in total. The Balaban J connectivity index is 1.36. The van der Waals surface area contributed by atoms with Gasteiger partial charge in [0.2, 0.25) is 11.8 Å². The Morgan fingerprint density at radius 2 is 1.57 bits per heavy atom. The van der Waals surface area contributed by atoms with Gasteiger partial charge in [-0.25, -0.2) is 0 Å². The molecule has 0 radical (unpaired) electrons. The van der Waals surface area contributed by atoms with Crippen LogP contribution >= 0.6 is 0 Å². The molecule has 130 valence electrons. The molecule has 5 heteroatoms. The van der Waals surface area contributed by atoms with Gasteiger partial charge in [0.05, 0.1) is 0 Å². The predicted molar refractivity (Wildman–Crippen MR) is 89.9 cm³/mol. The minimum Gasteiger partial charge on any atom is -0.359 e. The lowest BCUT2D eigenvalue weighted by atomic mass is 9.83. The van der Waals surface area contributed by atoms with Crippen LogP contribution in [0.4, 0.5) is 0 Å². The van der Waals surface area contributed by atoms with E-state index in [-0.39, 0.29) is 11.8 Å². The lowest BCUT2D eigenvalue weighted by Gasteiger charge is -2.39. The first-order chi connectivity index (χ1) is 11.2. The Kier molecular flexibility index (Phi) is 5.57. The zero-order chi connectivity index (χ0) is 16.2. The average molecular weight is 321 g/mol. The van der Waals surface area contributed by atoms with Crippen molar-refractivity contribution >= 4 is 11.8 Å². The van der Waals surface area contributed by atoms with Gasteiger partial charge in [-0.2, -0.15) is 0 Å². The quantitative estimate of drug-likeness (QED) is 0.853. The lowest BCUT2D eigenvalue weighted by Crippen LogP contribution is -2.46. The second kappa shape index (κ2) is 7.65. The number of piperidine rings is 2. The second-order valence-electron chi connectivity index (χ2n) is 7.59. The van der Waals surface area contributed by atoms with E-state index in [0.29, 0.717) is 11.8 Å². The van der Waals surface area contributed by atoms with Crippen molar-refractivity contribution < 1.29 is 9.59 Å². The topological polar surface area (TPSA) is 52.7 Å². The molecule has 23 heavy (non-hydrogen) atoms. The van der Waals surface area contributed by atoms with Crippen LogP contribution in [0.15, 0.2) is 0 Å². The van der Waals surface area contributed by atoms with Crippen LogP contribution in [0.3, 0.4) is 0 Å². The average Bonchev–Trinajstić information content (AvgIpc) is 2.54. The van der Waals surface area contributed by atoms with Crippen molar-refractivity contribution in [1.82, 2.24) is 15.1 Å². The molecule has 3 fully saturated rings. The summed E-state index contributed by atoms with van der Waals surface area (Å²) in [5.74, 6) is 1.89. The number of hydrogen-bond donors (Lipinski definition) is 1. The van der Waals surface area contributed by atoms with Crippen molar-refractivity contribution in [2.75, 3.05) is 39.8 Å². The summed E-state index contributed by atoms with van der Waals surface area (Å²) in [6, 6.07) is 0. The SMILES string of the molecule is CNC(=O)C1CCN(CC2CCN(C(=O)C3CCC3)CC2)CC1. The van der Waals surface area contributed by atoms with E-state index in [4.69, 9.17) is 0 Å². The van der Waals surface area contributed by atoms with Gasteiger partial charge in [0, 0.05) is 38.5 Å². The number of carbonyl (C=O) groups excluding carboxylic acids is 2. The highest BCUT2D eigenvalue weighted by Crippen LogP contribution is 2.30. The van der Waals surface area contributed by atoms with Gasteiger partial charge < -0.3 is 15.1 Å². The minimum atomic E-state index is 0.201. The van der Waals surface area contributed by atoms with E-state index in [9.17, 15) is 9.59 Å². The Bertz CT molecular complexity index is 420. The molecule has 2 amide bonds. The van der Waals surface area contributed by atoms with Crippen molar-refractivity contribution in [3.05, 3.63) is 0 Å². The summed E-state index contributed by atoms with van der Waals surface area (Å²) in [4.78, 5) is 28.6. The highest BCUT2D eigenvalue weighted by atomic mass is 16.2. The highest BCUT2D eigenvalue weighted by Gasteiger charge is 2.32. The molecule has 1 N–H and O–H groups in total. The molecule has 0 unspecified atom stereocenters. The van der Waals surface area contributed by atoms with Crippen LogP contribution in [-0.2, 0) is 9.59 Å². The second-order valence-corrected chi connectivity index (χ2v) is 7.59. The Morgan fingerprint density at radius 1 is 0.913 bits per heavy atom. The summed E-state index contributed by atoms with van der Waals surface area (Å²) >= 11 is 0. The molecule has 1 saturated carbocycles. The van der Waals surface area contributed by atoms with Crippen molar-refractivity contribution in [2.45, 2.75) is 44.9 Å². The number of amides is 2. The van der Waals surface area contributed by atoms with Crippen LogP contribution in [0.1, 0.15) is 44.9 Å². The first kappa shape index (κ1) is 16.7. The molecule has 3 rings (SSSR count). The molecule has 1 aliphatic carbocycles. The number of hydrogen-bond acceptors (Lipinski definition) is 3. The molecule has 0 aromatic carbocycles. The summed E-state index contributed by atoms with van der Waals surface area (Å²) in [7, 11) is 1.73. The first-order valence-electron chi connectivity index (χ1n) is 9.40. The summed E-state index contributed by atoms with van der Waals surface area (Å²) < 4.78 is 0. The molecule has 0 atom stereocenters. The van der Waals surface area contributed by atoms with Gasteiger partial charge in [0.25, 0.3) is 0 Å². The molecule has 2 saturated heterocycles. The zero-order valence-corrected chi connectivity index (χ0v) is 14.4. The number of nitrogens with one attached hydrogen (secondary N) is 1. The lowest BCUT2D eigenvalue weighted by molar-refractivity contribution is -0.139. The molecule has 2 heterocycles. The van der Waals surface area contributed by atoms with Gasteiger partial charge in [0.1, 0.15) is 0 Å². The van der Waals surface area contributed by atoms with Crippen molar-refractivity contribution in [3.63, 3.8) is 0 Å². The number of likely N-dealkylation sites (tertiary alicyclic amines) is 2. The number of carbonyl (C=O) groups is 2. The summed E-state index contributed by atoms with van der Waals surface area (Å²) in [5, 5.41) is 2.77. The van der Waals surface area contributed by atoms with E-state index in [0.717, 1.165) is 77.2 Å². The number of rotatable bonds is 4. The maximum absolute atomic E-state index is 12.3. The van der Waals surface area contributed by atoms with E-state index in [2.05, 4.69) is 15.1 Å². The van der Waals surface area contributed by atoms with Crippen LogP contribution in [0.5, 0.6) is 0 Å². The van der Waals surface area contributed by atoms with Gasteiger partial charge in [-0.15, -0.1) is 0 Å². The standard InChI is InChI=1S/C18H31N3O2/c1-19-17(22)15-7-9-20(10-8-15)13-14-5-11-21(12-6-14)18(23)16-3-2-4-16/h14-16H,2-13H2,1H3,(H,19,22). The zero-order valence-electron chi connectivity index (χ0n) is 14.4. The van der Waals surface area contributed by atoms with Crippen LogP contribution in [-0.4, -0.2) is 61.4 Å². The summed E-state index contributed by atoms with van der Waals surface area (Å²) in [6.07, 6.45) is 7.72. The Morgan fingerprint density at radius 3 is 2.09 bits per heavy atom. The normalized spacial score (nSPS) is 25.2. The fraction of sp³-hybridized carbons (Fsp3) is 0.889. The fourth-order valence-electron chi connectivity index (χ4n) is 4.20. The van der Waals surface area contributed by atoms with E-state index in [1.807, 2.05) is 0 Å². The molecule has 3 aliphatic rings. The largest absolute Gasteiger partial charge is 0.359 e. The maximum Gasteiger partial charge on any atom is 0.225 e. The predicted octanol–water partition coefficient (Wildman–Crippen LogP) is 1.48. The third-order valence-electron chi connectivity index (χ3n) is 6.10. The van der Waals surface area contributed by atoms with Crippen LogP contribution in [0.25, 0.3) is 0 Å². The van der Waals surface area contributed by atoms with Crippen LogP contribution in [0.2, 0.25) is 0 Å². The molecule has 0 aromatic rings. The molecule has 0 aromatic heterocycles. The number of nitrogens with zero attached hydrogens (tertiary/aromatic N) is 2. The van der Waals surface area contributed by atoms with E-state index >= 15 is 0 Å². The maximum atomic E-state index is 12.3. The Labute approximate surface area is 139 Å². The molecule has 0 bridgehead atoms. The van der Waals surface area contributed by atoms with Crippen molar-refractivity contribution in [3.8, 4) is 0 Å². The molecular formula is C18H31N3O2. The third kappa shape index (κ3) is 4.06. The fourth-order valence-corrected chi connectivity index (χ4v) is 4.20. The first-order valence-corrected chi connectivity index (χ1v) is 9.40. The van der Waals surface area contributed by atoms with E-state index in [1.165, 1.54) is 6.42 Å². The molecular weight excluding hydrogens is 290 g/mol. The van der Waals surface area contributed by atoms with Crippen LogP contribution in [0, 0.1) is 17.8 Å². The smallest absolute Gasteiger partial charge is 0.225 e. The minimum absolute atomic E-state index is 0.201. The highest BCUT2D eigenvalue weighted by molar-refractivity contribution is 5.79. The monoisotopic (exact) mass is 321 g/mol. The molecule has 2 aliphatic heterocycles. The third-order valence-corrected chi connectivity index (χ3v) is 6.10. The van der Waals surface area contributed by atoms with E-state index in [1.54, 1.807) is 7.05 Å². The van der Waals surface area contributed by atoms with Crippen molar-refractivity contribution in [2.24, 2.45) is 17.8 Å². The van der Waals surface area contributed by atoms with Gasteiger partial charge in [-0.1, -0.05) is 6.42 Å². The van der Waals surface area contributed by atoms with Gasteiger partial charge in [-0.3, -0.25) is 9.59 Å². The Hall–Kier alpha value is -1.10. The van der Waals surface area contributed by atoms with Gasteiger partial charge >= 0.3 is 0 Å². The summed E-state index contributed by atoms with van der Waals surface area (Å²) in [6.45, 7) is 5.13. The summed E-state index contributed by atoms with van der Waals surface area (Å²) in [5.41, 5.74) is 0. The van der Waals surface area contributed by atoms with Gasteiger partial charge in [0.15, 0.2) is 0 Å². The molecule has 0 spiro atoms.